The third-order valence-corrected chi connectivity index (χ3v) is 11.0. The lowest BCUT2D eigenvalue weighted by molar-refractivity contribution is -0.148. The molecule has 12 nitrogen and oxygen atoms in total. The van der Waals surface area contributed by atoms with Crippen molar-refractivity contribution in [1.82, 2.24) is 25.3 Å². The molecule has 1 aliphatic rings. The highest BCUT2D eigenvalue weighted by Gasteiger charge is 2.43. The van der Waals surface area contributed by atoms with E-state index in [0.29, 0.717) is 31.5 Å². The number of nitrogens with one attached hydrogen (secondary N) is 2. The fraction of sp³-hybridized carbons (Fsp3) is 0.732. The molecular formula is C41H69N5O7. The Bertz CT molecular complexity index is 1340. The summed E-state index contributed by atoms with van der Waals surface area (Å²) in [6.07, 6.45) is 1.79. The summed E-state index contributed by atoms with van der Waals surface area (Å²) in [4.78, 5) is 72.0. The highest BCUT2D eigenvalue weighted by atomic mass is 16.5. The van der Waals surface area contributed by atoms with Crippen LogP contribution in [-0.4, -0.2) is 129 Å². The summed E-state index contributed by atoms with van der Waals surface area (Å²) in [6, 6.07) is 5.51. The van der Waals surface area contributed by atoms with Crippen molar-refractivity contribution < 1.29 is 33.4 Å². The minimum atomic E-state index is -0.751. The molecule has 0 aromatic heterocycles. The van der Waals surface area contributed by atoms with Gasteiger partial charge in [0.05, 0.1) is 42.7 Å². The molecule has 0 bridgehead atoms. The first-order valence-corrected chi connectivity index (χ1v) is 19.4. The standard InChI is InChI=1S/C41H69N5O7/c1-14-27(6)37(45(11)41(51)35(25(2)3)43-40(50)36(26(4)5)44(9)10)33(52-12)24-34(48)46-23-15-16-32(46)38(53-13)28(7)39(49)42-22-21-30-17-19-31(20-18-30)29(8)47/h17-20,25-28,32-33,35-38H,14-16,21-24H2,1-13H3,(H,42,49)(H,43,50)/t27-,28+,32-,33+,35-,36-,37-,38+/m0/s1. The summed E-state index contributed by atoms with van der Waals surface area (Å²) in [5.41, 5.74) is 1.67. The molecule has 0 radical (unpaired) electrons. The van der Waals surface area contributed by atoms with Crippen LogP contribution in [0.15, 0.2) is 24.3 Å². The average Bonchev–Trinajstić information content (AvgIpc) is 3.59. The highest BCUT2D eigenvalue weighted by molar-refractivity contribution is 5.94. The Labute approximate surface area is 319 Å². The second-order valence-electron chi connectivity index (χ2n) is 15.8. The molecule has 1 aromatic carbocycles. The van der Waals surface area contributed by atoms with E-state index in [1.807, 2.05) is 77.6 Å². The number of nitrogens with zero attached hydrogens (tertiary/aromatic N) is 3. The van der Waals surface area contributed by atoms with Crippen molar-refractivity contribution in [2.24, 2.45) is 23.7 Å². The lowest BCUT2D eigenvalue weighted by atomic mass is 9.89. The zero-order valence-electron chi connectivity index (χ0n) is 34.7. The summed E-state index contributed by atoms with van der Waals surface area (Å²) in [5, 5.41) is 6.06. The first kappa shape index (κ1) is 45.8. The predicted octanol–water partition coefficient (Wildman–Crippen LogP) is 4.20. The molecule has 53 heavy (non-hydrogen) atoms. The van der Waals surface area contributed by atoms with E-state index in [-0.39, 0.29) is 65.7 Å². The summed E-state index contributed by atoms with van der Waals surface area (Å²) in [6.45, 7) is 16.2. The zero-order chi connectivity index (χ0) is 40.2. The van der Waals surface area contributed by atoms with E-state index < -0.39 is 30.2 Å². The largest absolute Gasteiger partial charge is 0.379 e. The molecule has 0 unspecified atom stereocenters. The molecular weight excluding hydrogens is 674 g/mol. The number of likely N-dealkylation sites (tertiary alicyclic amines) is 1. The Hall–Kier alpha value is -3.35. The van der Waals surface area contributed by atoms with Gasteiger partial charge in [-0.1, -0.05) is 79.2 Å². The average molecular weight is 744 g/mol. The molecule has 12 heteroatoms. The van der Waals surface area contributed by atoms with E-state index in [2.05, 4.69) is 17.6 Å². The molecule has 1 saturated heterocycles. The molecule has 1 heterocycles. The van der Waals surface area contributed by atoms with Gasteiger partial charge in [-0.25, -0.2) is 0 Å². The lowest BCUT2D eigenvalue weighted by Gasteiger charge is -2.41. The van der Waals surface area contributed by atoms with Crippen molar-refractivity contribution in [3.05, 3.63) is 35.4 Å². The molecule has 1 fully saturated rings. The van der Waals surface area contributed by atoms with Crippen LogP contribution in [0.1, 0.15) is 97.0 Å². The minimum absolute atomic E-state index is 0.00714. The van der Waals surface area contributed by atoms with Gasteiger partial charge in [0.2, 0.25) is 23.6 Å². The number of hydrogen-bond donors (Lipinski definition) is 2. The maximum Gasteiger partial charge on any atom is 0.245 e. The number of Topliss-reactive ketones (excluding diaryl/α,β-unsaturated/α-hetero) is 1. The van der Waals surface area contributed by atoms with E-state index in [1.54, 1.807) is 38.3 Å². The molecule has 1 aromatic rings. The first-order chi connectivity index (χ1) is 24.9. The van der Waals surface area contributed by atoms with Gasteiger partial charge in [-0.05, 0) is 63.6 Å². The van der Waals surface area contributed by atoms with Gasteiger partial charge in [-0.2, -0.15) is 0 Å². The molecule has 2 N–H and O–H groups in total. The van der Waals surface area contributed by atoms with Crippen LogP contribution in [0.3, 0.4) is 0 Å². The number of ketones is 1. The molecule has 2 rings (SSSR count). The number of hydrogen-bond acceptors (Lipinski definition) is 8. The van der Waals surface area contributed by atoms with E-state index in [9.17, 15) is 24.0 Å². The Morgan fingerprint density at radius 3 is 2.02 bits per heavy atom. The second kappa shape index (κ2) is 21.5. The Kier molecular flexibility index (Phi) is 18.6. The van der Waals surface area contributed by atoms with Crippen molar-refractivity contribution in [3.8, 4) is 0 Å². The fourth-order valence-electron chi connectivity index (χ4n) is 7.81. The number of amides is 4. The maximum atomic E-state index is 14.2. The molecule has 8 atom stereocenters. The first-order valence-electron chi connectivity index (χ1n) is 19.4. The van der Waals surface area contributed by atoms with Gasteiger partial charge >= 0.3 is 0 Å². The predicted molar refractivity (Wildman–Crippen MR) is 208 cm³/mol. The highest BCUT2D eigenvalue weighted by Crippen LogP contribution is 2.29. The number of carbonyl (C=O) groups is 5. The van der Waals surface area contributed by atoms with Gasteiger partial charge < -0.3 is 29.9 Å². The normalized spacial score (nSPS) is 18.6. The third kappa shape index (κ3) is 12.3. The summed E-state index contributed by atoms with van der Waals surface area (Å²) >= 11 is 0. The van der Waals surface area contributed by atoms with Crippen LogP contribution in [0.2, 0.25) is 0 Å². The van der Waals surface area contributed by atoms with Crippen LogP contribution in [0.4, 0.5) is 0 Å². The second-order valence-corrected chi connectivity index (χ2v) is 15.8. The van der Waals surface area contributed by atoms with Crippen molar-refractivity contribution in [1.29, 1.82) is 0 Å². The number of ether oxygens (including phenoxy) is 2. The van der Waals surface area contributed by atoms with E-state index >= 15 is 0 Å². The van der Waals surface area contributed by atoms with Gasteiger partial charge in [0.15, 0.2) is 5.78 Å². The lowest BCUT2D eigenvalue weighted by Crippen LogP contribution is -2.59. The van der Waals surface area contributed by atoms with Crippen molar-refractivity contribution in [2.45, 2.75) is 124 Å². The smallest absolute Gasteiger partial charge is 0.245 e. The number of carbonyl (C=O) groups excluding carboxylic acids is 5. The van der Waals surface area contributed by atoms with Crippen molar-refractivity contribution in [2.75, 3.05) is 48.5 Å². The molecule has 0 spiro atoms. The molecule has 0 saturated carbocycles. The van der Waals surface area contributed by atoms with Crippen LogP contribution >= 0.6 is 0 Å². The maximum absolute atomic E-state index is 14.2. The topological polar surface area (TPSA) is 138 Å². The van der Waals surface area contributed by atoms with E-state index in [1.165, 1.54) is 6.92 Å². The Morgan fingerprint density at radius 1 is 0.906 bits per heavy atom. The molecule has 1 aliphatic heterocycles. The van der Waals surface area contributed by atoms with Gasteiger partial charge in [0.25, 0.3) is 0 Å². The van der Waals surface area contributed by atoms with Crippen molar-refractivity contribution >= 4 is 29.4 Å². The van der Waals surface area contributed by atoms with Crippen LogP contribution in [0, 0.1) is 23.7 Å². The van der Waals surface area contributed by atoms with E-state index in [4.69, 9.17) is 9.47 Å². The number of methoxy groups -OCH3 is 2. The van der Waals surface area contributed by atoms with Crippen molar-refractivity contribution in [3.63, 3.8) is 0 Å². The van der Waals surface area contributed by atoms with Crippen LogP contribution in [0.5, 0.6) is 0 Å². The van der Waals surface area contributed by atoms with Gasteiger partial charge in [-0.15, -0.1) is 0 Å². The quantitative estimate of drug-likeness (QED) is 0.179. The van der Waals surface area contributed by atoms with Gasteiger partial charge in [0, 0.05) is 39.9 Å². The third-order valence-electron chi connectivity index (χ3n) is 11.0. The fourth-order valence-corrected chi connectivity index (χ4v) is 7.81. The molecule has 300 valence electrons. The zero-order valence-corrected chi connectivity index (χ0v) is 34.7. The Morgan fingerprint density at radius 2 is 1.53 bits per heavy atom. The summed E-state index contributed by atoms with van der Waals surface area (Å²) in [5.74, 6) is -1.31. The monoisotopic (exact) mass is 744 g/mol. The minimum Gasteiger partial charge on any atom is -0.379 e. The SMILES string of the molecule is CC[C@H](C)[C@@H]([C@@H](CC(=O)N1CCC[C@H]1[C@H](OC)[C@@H](C)C(=O)NCCc1ccc(C(C)=O)cc1)OC)N(C)C(=O)[C@@H](NC(=O)[C@H](C(C)C)N(C)C)C(C)C. The molecule has 4 amide bonds. The van der Waals surface area contributed by atoms with Crippen LogP contribution in [-0.2, 0) is 35.1 Å². The number of rotatable bonds is 21. The molecule has 0 aliphatic carbocycles. The number of likely N-dealkylation sites (N-methyl/N-ethyl adjacent to an activating group) is 2. The van der Waals surface area contributed by atoms with E-state index in [0.717, 1.165) is 18.4 Å². The number of benzene rings is 1. The summed E-state index contributed by atoms with van der Waals surface area (Å²) < 4.78 is 11.9. The van der Waals surface area contributed by atoms with Gasteiger partial charge in [-0.3, -0.25) is 28.9 Å². The Balaban J connectivity index is 2.19. The summed E-state index contributed by atoms with van der Waals surface area (Å²) in [7, 11) is 8.61. The van der Waals surface area contributed by atoms with Gasteiger partial charge in [0.1, 0.15) is 6.04 Å². The van der Waals surface area contributed by atoms with Crippen LogP contribution < -0.4 is 10.6 Å². The van der Waals surface area contributed by atoms with Crippen LogP contribution in [0.25, 0.3) is 0 Å².